The number of unbranched alkanes of at least 4 members (excludes halogenated alkanes) is 2. The molecule has 0 saturated carbocycles. The fourth-order valence-corrected chi connectivity index (χ4v) is 0.465. The molecule has 0 saturated heterocycles. The predicted molar refractivity (Wildman–Crippen MR) is 32.0 cm³/mol. The average Bonchev–Trinajstić information content (AvgIpc) is 1.69. The maximum Gasteiger partial charge on any atom is -0.00773 e. The topological polar surface area (TPSA) is 52.0 Å². The summed E-state index contributed by atoms with van der Waals surface area (Å²) in [6, 6.07) is 0. The molecule has 0 unspecified atom stereocenters. The van der Waals surface area contributed by atoms with Gasteiger partial charge in [0, 0.05) is 0 Å². The molecule has 0 aliphatic carbocycles. The van der Waals surface area contributed by atoms with E-state index in [2.05, 4.69) is 0 Å². The van der Waals surface area contributed by atoms with E-state index in [4.69, 9.17) is 11.5 Å². The van der Waals surface area contributed by atoms with E-state index in [0.29, 0.717) is 0 Å². The molecule has 0 fully saturated rings. The lowest BCUT2D eigenvalue weighted by molar-refractivity contribution is 0.695. The maximum absolute atomic E-state index is 5.23. The van der Waals surface area contributed by atoms with Crippen LogP contribution in [0.5, 0.6) is 0 Å². The van der Waals surface area contributed by atoms with Crippen LogP contribution >= 0.6 is 0 Å². The van der Waals surface area contributed by atoms with Gasteiger partial charge in [-0.05, 0) is 25.9 Å². The summed E-state index contributed by atoms with van der Waals surface area (Å²) >= 11 is 0. The first-order valence-corrected chi connectivity index (χ1v) is 2.82. The Morgan fingerprint density at radius 3 is 2.43 bits per heavy atom. The summed E-state index contributed by atoms with van der Waals surface area (Å²) in [5.41, 5.74) is 10.5. The van der Waals surface area contributed by atoms with Crippen molar-refractivity contribution < 1.29 is 0 Å². The molecule has 0 radical (unpaired) electrons. The Morgan fingerprint density at radius 2 is 2.00 bits per heavy atom. The minimum absolute atomic E-state index is 0.806. The normalized spacial score (nSPS) is 9.43. The summed E-state index contributed by atoms with van der Waals surface area (Å²) in [6.45, 7) is 1.61. The molecular weight excluding hydrogens is 90.1 g/mol. The van der Waals surface area contributed by atoms with Gasteiger partial charge in [-0.1, -0.05) is 6.42 Å². The summed E-state index contributed by atoms with van der Waals surface area (Å²) in [5.74, 6) is 0. The molecule has 2 nitrogen and oxygen atoms in total. The van der Waals surface area contributed by atoms with E-state index in [1.54, 1.807) is 0 Å². The molecule has 0 spiro atoms. The van der Waals surface area contributed by atoms with E-state index in [9.17, 15) is 0 Å². The highest BCUT2D eigenvalue weighted by molar-refractivity contribution is 4.41. The Morgan fingerprint density at radius 1 is 1.29 bits per heavy atom. The first-order valence-electron chi connectivity index (χ1n) is 2.82. The molecule has 2 heteroatoms. The molecular formula is C5H14N2. The Bertz CT molecular complexity index is 25.3. The average molecular weight is 104 g/mol. The first-order chi connectivity index (χ1) is 3.41. The molecule has 44 valence electrons. The molecule has 0 amide bonds. The fourth-order valence-electron chi connectivity index (χ4n) is 0.465. The van der Waals surface area contributed by atoms with Gasteiger partial charge in [0.25, 0.3) is 0 Å². The number of hydrogen-bond acceptors (Lipinski definition) is 2. The van der Waals surface area contributed by atoms with Gasteiger partial charge < -0.3 is 11.5 Å². The van der Waals surface area contributed by atoms with Crippen LogP contribution in [0.25, 0.3) is 0 Å². The number of rotatable bonds is 4. The van der Waals surface area contributed by atoms with E-state index in [-0.39, 0.29) is 0 Å². The van der Waals surface area contributed by atoms with Crippen LogP contribution in [0.15, 0.2) is 0 Å². The molecule has 0 bridgehead atoms. The highest BCUT2D eigenvalue weighted by Gasteiger charge is 1.80. The smallest absolute Gasteiger partial charge is 0.00773 e. The van der Waals surface area contributed by atoms with E-state index in [1.165, 1.54) is 6.42 Å². The van der Waals surface area contributed by atoms with Crippen molar-refractivity contribution in [2.75, 3.05) is 13.1 Å². The highest BCUT2D eigenvalue weighted by Crippen LogP contribution is 1.88. The van der Waals surface area contributed by atoms with Crippen LogP contribution < -0.4 is 11.5 Å². The van der Waals surface area contributed by atoms with Crippen molar-refractivity contribution in [1.29, 1.82) is 0 Å². The fraction of sp³-hybridized carbons (Fsp3) is 1.00. The van der Waals surface area contributed by atoms with Gasteiger partial charge in [-0.2, -0.15) is 0 Å². The molecule has 4 N–H and O–H groups in total. The van der Waals surface area contributed by atoms with Gasteiger partial charge in [0.15, 0.2) is 0 Å². The van der Waals surface area contributed by atoms with Crippen LogP contribution in [0, 0.1) is 0 Å². The maximum atomic E-state index is 5.23. The largest absolute Gasteiger partial charge is 0.330 e. The lowest BCUT2D eigenvalue weighted by Gasteiger charge is -1.91. The van der Waals surface area contributed by atoms with Crippen LogP contribution in [0.2, 0.25) is 0 Å². The van der Waals surface area contributed by atoms with Gasteiger partial charge in [-0.25, -0.2) is 0 Å². The van der Waals surface area contributed by atoms with E-state index in [1.807, 2.05) is 0 Å². The van der Waals surface area contributed by atoms with Gasteiger partial charge in [0.2, 0.25) is 0 Å². The van der Waals surface area contributed by atoms with Crippen LogP contribution in [0.4, 0.5) is 0 Å². The standard InChI is InChI=1S/C5H14N2/c6-4-2-1-3-5-7/h1-7H2/i4+2. The molecule has 0 atom stereocenters. The zero-order valence-corrected chi connectivity index (χ0v) is 4.69. The van der Waals surface area contributed by atoms with Gasteiger partial charge >= 0.3 is 0 Å². The first kappa shape index (κ1) is 6.92. The van der Waals surface area contributed by atoms with Gasteiger partial charge in [0.05, 0.1) is 0 Å². The minimum Gasteiger partial charge on any atom is -0.330 e. The van der Waals surface area contributed by atoms with E-state index in [0.717, 1.165) is 25.9 Å². The Kier molecular flexibility index (Phi) is 5.85. The minimum atomic E-state index is 0.806. The third-order valence-corrected chi connectivity index (χ3v) is 0.908. The van der Waals surface area contributed by atoms with Crippen LogP contribution in [0.3, 0.4) is 0 Å². The summed E-state index contributed by atoms with van der Waals surface area (Å²) in [6.07, 6.45) is 3.43. The van der Waals surface area contributed by atoms with E-state index >= 15 is 0 Å². The van der Waals surface area contributed by atoms with Crippen molar-refractivity contribution in [3.8, 4) is 0 Å². The van der Waals surface area contributed by atoms with Gasteiger partial charge in [0.1, 0.15) is 0 Å². The van der Waals surface area contributed by atoms with Crippen LogP contribution in [-0.4, -0.2) is 13.1 Å². The van der Waals surface area contributed by atoms with Crippen molar-refractivity contribution in [2.24, 2.45) is 11.5 Å². The van der Waals surface area contributed by atoms with Crippen LogP contribution in [0.1, 0.15) is 19.3 Å². The number of hydrogen-bond donors (Lipinski definition) is 2. The summed E-state index contributed by atoms with van der Waals surface area (Å²) < 4.78 is 0. The van der Waals surface area contributed by atoms with Crippen molar-refractivity contribution in [3.05, 3.63) is 0 Å². The molecule has 0 aliphatic heterocycles. The predicted octanol–water partition coefficient (Wildman–Crippen LogP) is 0.0741. The lowest BCUT2D eigenvalue weighted by atomic mass is 10.3. The number of nitrogens with two attached hydrogens (primary N) is 2. The van der Waals surface area contributed by atoms with Gasteiger partial charge in [-0.15, -0.1) is 0 Å². The Hall–Kier alpha value is -0.0800. The Labute approximate surface area is 44.9 Å². The zero-order valence-electron chi connectivity index (χ0n) is 4.69. The summed E-state index contributed by atoms with van der Waals surface area (Å²) in [4.78, 5) is 0. The quantitative estimate of drug-likeness (QED) is 0.496. The van der Waals surface area contributed by atoms with Crippen molar-refractivity contribution in [2.45, 2.75) is 19.3 Å². The third kappa shape index (κ3) is 5.92. The van der Waals surface area contributed by atoms with Crippen molar-refractivity contribution in [3.63, 3.8) is 0 Å². The Balaban J connectivity index is 2.45. The SMILES string of the molecule is NCCCC[14CH2]N. The summed E-state index contributed by atoms with van der Waals surface area (Å²) in [5, 5.41) is 0. The third-order valence-electron chi connectivity index (χ3n) is 0.908. The lowest BCUT2D eigenvalue weighted by Crippen LogP contribution is -2.02. The summed E-state index contributed by atoms with van der Waals surface area (Å²) in [7, 11) is 0. The molecule has 0 aromatic carbocycles. The molecule has 0 aromatic heterocycles. The van der Waals surface area contributed by atoms with Crippen LogP contribution in [-0.2, 0) is 0 Å². The van der Waals surface area contributed by atoms with Crippen molar-refractivity contribution >= 4 is 0 Å². The molecule has 7 heavy (non-hydrogen) atoms. The van der Waals surface area contributed by atoms with E-state index < -0.39 is 0 Å². The molecule has 0 aromatic rings. The molecule has 0 aliphatic rings. The second-order valence-corrected chi connectivity index (χ2v) is 1.64. The molecule has 0 rings (SSSR count). The monoisotopic (exact) mass is 104 g/mol. The highest BCUT2D eigenvalue weighted by atomic mass is 15.2. The van der Waals surface area contributed by atoms with Crippen molar-refractivity contribution in [1.82, 2.24) is 0 Å². The second-order valence-electron chi connectivity index (χ2n) is 1.64. The second kappa shape index (κ2) is 5.92. The zero-order chi connectivity index (χ0) is 5.54. The van der Waals surface area contributed by atoms with Gasteiger partial charge in [-0.3, -0.25) is 0 Å². The molecule has 0 heterocycles.